The zero-order valence-corrected chi connectivity index (χ0v) is 9.80. The maximum absolute atomic E-state index is 4.97. The number of methoxy groups -OCH3 is 1. The number of pyridine rings is 1. The first-order valence-corrected chi connectivity index (χ1v) is 5.58. The number of thiazole rings is 1. The Bertz CT molecular complexity index is 427. The molecule has 0 unspecified atom stereocenters. The van der Waals surface area contributed by atoms with E-state index in [1.165, 1.54) is 0 Å². The van der Waals surface area contributed by atoms with Crippen LogP contribution in [0.4, 0.5) is 0 Å². The van der Waals surface area contributed by atoms with E-state index in [1.807, 2.05) is 17.5 Å². The standard InChI is InChI=1S/C9H7BrN2OS/c1-13-8-3-2-6(4-11-8)7-5-14-9(10)12-7/h2-5H,1H3. The summed E-state index contributed by atoms with van der Waals surface area (Å²) in [7, 11) is 1.60. The fourth-order valence-electron chi connectivity index (χ4n) is 1.04. The molecule has 14 heavy (non-hydrogen) atoms. The maximum Gasteiger partial charge on any atom is 0.212 e. The molecule has 0 aromatic carbocycles. The molecule has 2 aromatic rings. The smallest absolute Gasteiger partial charge is 0.212 e. The van der Waals surface area contributed by atoms with Crippen LogP contribution in [0.25, 0.3) is 11.3 Å². The van der Waals surface area contributed by atoms with E-state index < -0.39 is 0 Å². The quantitative estimate of drug-likeness (QED) is 0.842. The summed E-state index contributed by atoms with van der Waals surface area (Å²) in [5, 5.41) is 1.98. The first-order chi connectivity index (χ1) is 6.79. The molecule has 2 rings (SSSR count). The third kappa shape index (κ3) is 1.93. The monoisotopic (exact) mass is 270 g/mol. The van der Waals surface area contributed by atoms with Crippen LogP contribution in [0.2, 0.25) is 0 Å². The second-order valence-corrected chi connectivity index (χ2v) is 4.71. The molecule has 0 aliphatic carbocycles. The van der Waals surface area contributed by atoms with Crippen molar-refractivity contribution < 1.29 is 4.74 Å². The summed E-state index contributed by atoms with van der Waals surface area (Å²) in [6.07, 6.45) is 1.75. The highest BCUT2D eigenvalue weighted by atomic mass is 79.9. The summed E-state index contributed by atoms with van der Waals surface area (Å²) in [6.45, 7) is 0. The first-order valence-electron chi connectivity index (χ1n) is 3.91. The molecule has 0 atom stereocenters. The van der Waals surface area contributed by atoms with Crippen molar-refractivity contribution in [3.63, 3.8) is 0 Å². The number of aromatic nitrogens is 2. The predicted octanol–water partition coefficient (Wildman–Crippen LogP) is 2.98. The van der Waals surface area contributed by atoms with Gasteiger partial charge in [-0.25, -0.2) is 9.97 Å². The van der Waals surface area contributed by atoms with Gasteiger partial charge in [0.15, 0.2) is 3.92 Å². The van der Waals surface area contributed by atoms with Crippen LogP contribution in [0, 0.1) is 0 Å². The van der Waals surface area contributed by atoms with Crippen LogP contribution in [0.3, 0.4) is 0 Å². The third-order valence-electron chi connectivity index (χ3n) is 1.72. The van der Waals surface area contributed by atoms with Crippen molar-refractivity contribution >= 4 is 27.3 Å². The van der Waals surface area contributed by atoms with Crippen LogP contribution in [0.5, 0.6) is 5.88 Å². The van der Waals surface area contributed by atoms with E-state index in [1.54, 1.807) is 24.6 Å². The molecule has 0 fully saturated rings. The molecule has 0 spiro atoms. The van der Waals surface area contributed by atoms with Crippen LogP contribution < -0.4 is 4.74 Å². The highest BCUT2D eigenvalue weighted by Crippen LogP contribution is 2.25. The predicted molar refractivity (Wildman–Crippen MR) is 59.6 cm³/mol. The van der Waals surface area contributed by atoms with Crippen molar-refractivity contribution in [1.29, 1.82) is 0 Å². The molecular weight excluding hydrogens is 264 g/mol. The molecule has 0 saturated heterocycles. The number of halogens is 1. The van der Waals surface area contributed by atoms with Gasteiger partial charge in [-0.3, -0.25) is 0 Å². The highest BCUT2D eigenvalue weighted by molar-refractivity contribution is 9.11. The second kappa shape index (κ2) is 4.06. The third-order valence-corrected chi connectivity index (χ3v) is 3.08. The summed E-state index contributed by atoms with van der Waals surface area (Å²) in [5.41, 5.74) is 1.92. The number of hydrogen-bond donors (Lipinski definition) is 0. The van der Waals surface area contributed by atoms with E-state index in [4.69, 9.17) is 4.74 Å². The molecule has 72 valence electrons. The normalized spacial score (nSPS) is 10.1. The largest absolute Gasteiger partial charge is 0.481 e. The van der Waals surface area contributed by atoms with E-state index in [0.29, 0.717) is 5.88 Å². The number of hydrogen-bond acceptors (Lipinski definition) is 4. The Morgan fingerprint density at radius 2 is 2.29 bits per heavy atom. The molecule has 5 heteroatoms. The minimum atomic E-state index is 0.614. The lowest BCUT2D eigenvalue weighted by Crippen LogP contribution is -1.87. The summed E-state index contributed by atoms with van der Waals surface area (Å²) in [4.78, 5) is 8.40. The van der Waals surface area contributed by atoms with Gasteiger partial charge in [0.1, 0.15) is 0 Å². The Kier molecular flexibility index (Phi) is 2.79. The van der Waals surface area contributed by atoms with Crippen molar-refractivity contribution in [2.24, 2.45) is 0 Å². The van der Waals surface area contributed by atoms with Gasteiger partial charge in [0.25, 0.3) is 0 Å². The lowest BCUT2D eigenvalue weighted by molar-refractivity contribution is 0.398. The molecule has 2 heterocycles. The van der Waals surface area contributed by atoms with Crippen LogP contribution in [0.1, 0.15) is 0 Å². The first kappa shape index (κ1) is 9.61. The summed E-state index contributed by atoms with van der Waals surface area (Å²) in [6, 6.07) is 3.76. The van der Waals surface area contributed by atoms with Gasteiger partial charge >= 0.3 is 0 Å². The average Bonchev–Trinajstić information content (AvgIpc) is 2.65. The van der Waals surface area contributed by atoms with Gasteiger partial charge in [-0.1, -0.05) is 0 Å². The van der Waals surface area contributed by atoms with Crippen molar-refractivity contribution in [2.45, 2.75) is 0 Å². The molecule has 3 nitrogen and oxygen atoms in total. The van der Waals surface area contributed by atoms with Gasteiger partial charge < -0.3 is 4.74 Å². The van der Waals surface area contributed by atoms with Gasteiger partial charge in [0.2, 0.25) is 5.88 Å². The molecule has 0 N–H and O–H groups in total. The Morgan fingerprint density at radius 3 is 2.79 bits per heavy atom. The summed E-state index contributed by atoms with van der Waals surface area (Å²) >= 11 is 4.88. The minimum Gasteiger partial charge on any atom is -0.481 e. The molecule has 0 bridgehead atoms. The fourth-order valence-corrected chi connectivity index (χ4v) is 2.06. The van der Waals surface area contributed by atoms with E-state index >= 15 is 0 Å². The van der Waals surface area contributed by atoms with E-state index in [-0.39, 0.29) is 0 Å². The number of nitrogens with zero attached hydrogens (tertiary/aromatic N) is 2. The molecule has 2 aromatic heterocycles. The molecule has 0 aliphatic rings. The van der Waals surface area contributed by atoms with E-state index in [9.17, 15) is 0 Å². The van der Waals surface area contributed by atoms with E-state index in [0.717, 1.165) is 15.2 Å². The second-order valence-electron chi connectivity index (χ2n) is 2.57. The minimum absolute atomic E-state index is 0.614. The van der Waals surface area contributed by atoms with Gasteiger partial charge in [-0.05, 0) is 22.0 Å². The zero-order chi connectivity index (χ0) is 9.97. The average molecular weight is 271 g/mol. The van der Waals surface area contributed by atoms with Gasteiger partial charge in [0.05, 0.1) is 12.8 Å². The van der Waals surface area contributed by atoms with Crippen molar-refractivity contribution in [2.75, 3.05) is 7.11 Å². The van der Waals surface area contributed by atoms with Crippen LogP contribution >= 0.6 is 27.3 Å². The van der Waals surface area contributed by atoms with Gasteiger partial charge in [-0.15, -0.1) is 11.3 Å². The van der Waals surface area contributed by atoms with Crippen LogP contribution in [-0.2, 0) is 0 Å². The molecule has 0 saturated carbocycles. The van der Waals surface area contributed by atoms with Crippen LogP contribution in [-0.4, -0.2) is 17.1 Å². The number of rotatable bonds is 2. The van der Waals surface area contributed by atoms with Crippen molar-refractivity contribution in [3.8, 4) is 17.1 Å². The number of ether oxygens (including phenoxy) is 1. The zero-order valence-electron chi connectivity index (χ0n) is 7.40. The van der Waals surface area contributed by atoms with Crippen molar-refractivity contribution in [1.82, 2.24) is 9.97 Å². The Hall–Kier alpha value is -0.940. The SMILES string of the molecule is COc1ccc(-c2csc(Br)n2)cn1. The Balaban J connectivity index is 2.33. The van der Waals surface area contributed by atoms with Gasteiger partial charge in [-0.2, -0.15) is 0 Å². The molecule has 0 aliphatic heterocycles. The molecule has 0 amide bonds. The molecule has 0 radical (unpaired) electrons. The van der Waals surface area contributed by atoms with Gasteiger partial charge in [0, 0.05) is 23.2 Å². The van der Waals surface area contributed by atoms with E-state index in [2.05, 4.69) is 25.9 Å². The van der Waals surface area contributed by atoms with Crippen LogP contribution in [0.15, 0.2) is 27.6 Å². The topological polar surface area (TPSA) is 35.0 Å². The lowest BCUT2D eigenvalue weighted by Gasteiger charge is -1.98. The summed E-state index contributed by atoms with van der Waals surface area (Å²) < 4.78 is 5.85. The highest BCUT2D eigenvalue weighted by Gasteiger charge is 2.02. The molecular formula is C9H7BrN2OS. The Labute approximate surface area is 93.9 Å². The lowest BCUT2D eigenvalue weighted by atomic mass is 10.2. The summed E-state index contributed by atoms with van der Waals surface area (Å²) in [5.74, 6) is 0.614. The fraction of sp³-hybridized carbons (Fsp3) is 0.111. The van der Waals surface area contributed by atoms with Crippen molar-refractivity contribution in [3.05, 3.63) is 27.6 Å². The Morgan fingerprint density at radius 1 is 1.43 bits per heavy atom. The maximum atomic E-state index is 4.97.